The predicted molar refractivity (Wildman–Crippen MR) is 106 cm³/mol. The second-order valence-electron chi connectivity index (χ2n) is 7.00. The summed E-state index contributed by atoms with van der Waals surface area (Å²) < 4.78 is 31.0. The third-order valence-electron chi connectivity index (χ3n) is 5.25. The molecule has 5 rings (SSSR count). The molecule has 29 heavy (non-hydrogen) atoms. The molecule has 1 atom stereocenters. The molecule has 1 aliphatic heterocycles. The van der Waals surface area contributed by atoms with Crippen LogP contribution in [0.1, 0.15) is 12.5 Å². The number of nitrogens with zero attached hydrogens (tertiary/aromatic N) is 4. The van der Waals surface area contributed by atoms with Crippen LogP contribution in [0.4, 0.5) is 14.6 Å². The highest BCUT2D eigenvalue weighted by atomic mass is 19.1. The lowest BCUT2D eigenvalue weighted by Gasteiger charge is -2.09. The number of nitrogens with two attached hydrogens (primary N) is 1. The Kier molecular flexibility index (Phi) is 4.21. The zero-order chi connectivity index (χ0) is 20.0. The number of aromatic nitrogens is 4. The van der Waals surface area contributed by atoms with Crippen molar-refractivity contribution in [3.05, 3.63) is 60.4 Å². The summed E-state index contributed by atoms with van der Waals surface area (Å²) in [6, 6.07) is 11.7. The SMILES string of the molecule is Nc1ncnc2c1c(-c1ccc(-c3cc[c]cc3F)cc1F)nn2[C@@H]1CCNC1. The summed E-state index contributed by atoms with van der Waals surface area (Å²) in [4.78, 5) is 8.41. The molecule has 0 aliphatic carbocycles. The Morgan fingerprint density at radius 3 is 2.79 bits per heavy atom. The predicted octanol–water partition coefficient (Wildman–Crippen LogP) is 3.36. The lowest BCUT2D eigenvalue weighted by Crippen LogP contribution is -2.15. The van der Waals surface area contributed by atoms with E-state index in [1.807, 2.05) is 0 Å². The summed E-state index contributed by atoms with van der Waals surface area (Å²) in [6.07, 6.45) is 2.28. The first-order chi connectivity index (χ1) is 14.1. The van der Waals surface area contributed by atoms with Crippen LogP contribution in [0.2, 0.25) is 0 Å². The largest absolute Gasteiger partial charge is 0.383 e. The molecule has 1 aliphatic rings. The van der Waals surface area contributed by atoms with Crippen molar-refractivity contribution in [2.24, 2.45) is 0 Å². The molecule has 0 bridgehead atoms. The maximum atomic E-state index is 15.1. The molecule has 3 N–H and O–H groups in total. The lowest BCUT2D eigenvalue weighted by molar-refractivity contribution is 0.504. The molecule has 3 heterocycles. The van der Waals surface area contributed by atoms with E-state index in [1.54, 1.807) is 28.9 Å². The molecular formula is C21H17F2N6. The number of halogens is 2. The molecule has 4 aromatic rings. The van der Waals surface area contributed by atoms with Crippen LogP contribution < -0.4 is 11.1 Å². The van der Waals surface area contributed by atoms with E-state index in [0.29, 0.717) is 27.9 Å². The molecule has 6 nitrogen and oxygen atoms in total. The van der Waals surface area contributed by atoms with Gasteiger partial charge in [0.05, 0.1) is 11.4 Å². The molecule has 145 valence electrons. The zero-order valence-corrected chi connectivity index (χ0v) is 15.4. The number of hydrogen-bond acceptors (Lipinski definition) is 5. The first kappa shape index (κ1) is 17.7. The maximum absolute atomic E-state index is 15.1. The van der Waals surface area contributed by atoms with E-state index in [2.05, 4.69) is 26.4 Å². The van der Waals surface area contributed by atoms with Gasteiger partial charge in [-0.2, -0.15) is 5.10 Å². The van der Waals surface area contributed by atoms with E-state index in [-0.39, 0.29) is 17.4 Å². The van der Waals surface area contributed by atoms with E-state index in [1.165, 1.54) is 18.5 Å². The fraction of sp³-hybridized carbons (Fsp3) is 0.190. The summed E-state index contributed by atoms with van der Waals surface area (Å²) in [6.45, 7) is 1.64. The number of fused-ring (bicyclic) bond motifs is 1. The van der Waals surface area contributed by atoms with Crippen molar-refractivity contribution in [3.8, 4) is 22.4 Å². The van der Waals surface area contributed by atoms with Crippen molar-refractivity contribution in [1.29, 1.82) is 0 Å². The molecule has 2 aromatic heterocycles. The van der Waals surface area contributed by atoms with Crippen molar-refractivity contribution < 1.29 is 8.78 Å². The van der Waals surface area contributed by atoms with Gasteiger partial charge in [0.1, 0.15) is 29.5 Å². The summed E-state index contributed by atoms with van der Waals surface area (Å²) in [7, 11) is 0. The first-order valence-electron chi connectivity index (χ1n) is 9.29. The topological polar surface area (TPSA) is 81.7 Å². The fourth-order valence-electron chi connectivity index (χ4n) is 3.81. The van der Waals surface area contributed by atoms with Gasteiger partial charge in [0.2, 0.25) is 0 Å². The van der Waals surface area contributed by atoms with Gasteiger partial charge in [-0.15, -0.1) is 0 Å². The second kappa shape index (κ2) is 6.89. The number of benzene rings is 2. The van der Waals surface area contributed by atoms with E-state index >= 15 is 4.39 Å². The van der Waals surface area contributed by atoms with Gasteiger partial charge in [0, 0.05) is 17.7 Å². The van der Waals surface area contributed by atoms with Crippen molar-refractivity contribution in [2.75, 3.05) is 18.8 Å². The highest BCUT2D eigenvalue weighted by Crippen LogP contribution is 2.35. The Bertz CT molecular complexity index is 1210. The summed E-state index contributed by atoms with van der Waals surface area (Å²) in [5.41, 5.74) is 8.08. The molecule has 1 fully saturated rings. The van der Waals surface area contributed by atoms with Gasteiger partial charge in [0.15, 0.2) is 5.65 Å². The van der Waals surface area contributed by atoms with Crippen molar-refractivity contribution in [2.45, 2.75) is 12.5 Å². The standard InChI is InChI=1S/C21H17F2N6/c22-16-4-2-1-3-14(16)12-5-6-15(17(23)9-12)19-18-20(24)26-11-27-21(18)29(28-19)13-7-8-25-10-13/h1,3-6,9,11,13,25H,7-8,10H2,(H2,24,26,27)/t13-/m1/s1. The van der Waals surface area contributed by atoms with Gasteiger partial charge in [-0.3, -0.25) is 0 Å². The van der Waals surface area contributed by atoms with Gasteiger partial charge < -0.3 is 11.1 Å². The number of nitrogens with one attached hydrogen (secondary N) is 1. The van der Waals surface area contributed by atoms with Crippen LogP contribution >= 0.6 is 0 Å². The van der Waals surface area contributed by atoms with Crippen LogP contribution in [-0.4, -0.2) is 32.8 Å². The Labute approximate surface area is 165 Å². The Morgan fingerprint density at radius 2 is 2.03 bits per heavy atom. The summed E-state index contributed by atoms with van der Waals surface area (Å²) >= 11 is 0. The minimum absolute atomic E-state index is 0.109. The highest BCUT2D eigenvalue weighted by molar-refractivity contribution is 5.98. The summed E-state index contributed by atoms with van der Waals surface area (Å²) in [5, 5.41) is 8.47. The first-order valence-corrected chi connectivity index (χ1v) is 9.29. The Hall–Kier alpha value is -3.39. The summed E-state index contributed by atoms with van der Waals surface area (Å²) in [5.74, 6) is -0.731. The van der Waals surface area contributed by atoms with Crippen LogP contribution in [0, 0.1) is 17.7 Å². The average molecular weight is 391 g/mol. The number of anilines is 1. The molecule has 8 heteroatoms. The molecule has 0 saturated carbocycles. The quantitative estimate of drug-likeness (QED) is 0.560. The molecule has 0 unspecified atom stereocenters. The minimum atomic E-state index is -0.519. The van der Waals surface area contributed by atoms with Crippen LogP contribution in [0.25, 0.3) is 33.4 Å². The number of hydrogen-bond donors (Lipinski definition) is 2. The number of nitrogen functional groups attached to an aromatic ring is 1. The lowest BCUT2D eigenvalue weighted by atomic mass is 10.0. The normalized spacial score (nSPS) is 16.6. The van der Waals surface area contributed by atoms with Crippen LogP contribution in [0.3, 0.4) is 0 Å². The van der Waals surface area contributed by atoms with Crippen LogP contribution in [0.5, 0.6) is 0 Å². The van der Waals surface area contributed by atoms with Crippen molar-refractivity contribution in [3.63, 3.8) is 0 Å². The second-order valence-corrected chi connectivity index (χ2v) is 7.00. The van der Waals surface area contributed by atoms with E-state index in [0.717, 1.165) is 19.5 Å². The minimum Gasteiger partial charge on any atom is -0.383 e. The third kappa shape index (κ3) is 2.92. The fourth-order valence-corrected chi connectivity index (χ4v) is 3.81. The molecule has 2 aromatic carbocycles. The van der Waals surface area contributed by atoms with Crippen molar-refractivity contribution in [1.82, 2.24) is 25.1 Å². The van der Waals surface area contributed by atoms with Gasteiger partial charge in [0.25, 0.3) is 0 Å². The molecule has 1 radical (unpaired) electrons. The van der Waals surface area contributed by atoms with Gasteiger partial charge >= 0.3 is 0 Å². The monoisotopic (exact) mass is 391 g/mol. The van der Waals surface area contributed by atoms with Crippen LogP contribution in [-0.2, 0) is 0 Å². The van der Waals surface area contributed by atoms with Gasteiger partial charge in [-0.05, 0) is 42.8 Å². The zero-order valence-electron chi connectivity index (χ0n) is 15.4. The molecule has 0 spiro atoms. The smallest absolute Gasteiger partial charge is 0.164 e. The Balaban J connectivity index is 1.67. The van der Waals surface area contributed by atoms with E-state index in [9.17, 15) is 4.39 Å². The van der Waals surface area contributed by atoms with Gasteiger partial charge in [-0.25, -0.2) is 23.4 Å². The van der Waals surface area contributed by atoms with Crippen LogP contribution in [0.15, 0.2) is 42.7 Å². The van der Waals surface area contributed by atoms with E-state index < -0.39 is 11.6 Å². The van der Waals surface area contributed by atoms with E-state index in [4.69, 9.17) is 5.73 Å². The van der Waals surface area contributed by atoms with Gasteiger partial charge in [-0.1, -0.05) is 18.2 Å². The molecule has 0 amide bonds. The van der Waals surface area contributed by atoms with Crippen molar-refractivity contribution >= 4 is 16.9 Å². The average Bonchev–Trinajstić information content (AvgIpc) is 3.37. The Morgan fingerprint density at radius 1 is 1.14 bits per heavy atom. The third-order valence-corrected chi connectivity index (χ3v) is 5.25. The molecular weight excluding hydrogens is 374 g/mol. The maximum Gasteiger partial charge on any atom is 0.164 e. The highest BCUT2D eigenvalue weighted by Gasteiger charge is 2.25. The molecule has 1 saturated heterocycles. The number of rotatable bonds is 3.